The van der Waals surface area contributed by atoms with Gasteiger partial charge in [0.15, 0.2) is 0 Å². The molecular weight excluding hydrogens is 935 g/mol. The minimum Gasteiger partial charge on any atom is -0.481 e. The number of rotatable bonds is 43. The van der Waals surface area contributed by atoms with E-state index in [-0.39, 0.29) is 55.0 Å². The van der Waals surface area contributed by atoms with Gasteiger partial charge in [0, 0.05) is 77.8 Å². The predicted molar refractivity (Wildman–Crippen MR) is 286 cm³/mol. The van der Waals surface area contributed by atoms with Crippen LogP contribution in [0.2, 0.25) is 0 Å². The van der Waals surface area contributed by atoms with E-state index in [0.29, 0.717) is 70.0 Å². The highest BCUT2D eigenvalue weighted by Crippen LogP contribution is 2.17. The first-order valence-electron chi connectivity index (χ1n) is 28.2. The van der Waals surface area contributed by atoms with Crippen LogP contribution in [-0.4, -0.2) is 132 Å². The molecule has 17 nitrogen and oxygen atoms in total. The third-order valence-corrected chi connectivity index (χ3v) is 12.1. The van der Waals surface area contributed by atoms with Crippen LogP contribution < -0.4 is 10.6 Å². The summed E-state index contributed by atoms with van der Waals surface area (Å²) in [5.74, 6) is -2.43. The molecule has 0 atom stereocenters. The molecule has 1 aliphatic heterocycles. The topological polar surface area (TPSA) is 218 Å². The number of hydroxylamine groups is 2. The van der Waals surface area contributed by atoms with Crippen LogP contribution in [0.5, 0.6) is 0 Å². The number of hydrogen-bond donors (Lipinski definition) is 3. The zero-order chi connectivity index (χ0) is 54.8. The summed E-state index contributed by atoms with van der Waals surface area (Å²) in [7, 11) is 3.70. The van der Waals surface area contributed by atoms with Crippen LogP contribution in [0, 0.1) is 0 Å². The SMILES string of the molecule is CN(CCNC(=O)CCCCCCCCCCCCCCC(=O)OC(C)(C)C)CCC(=O)O.CN(CCNC(=O)CCCCCCCCCCCCCCC(=O)OC(C)(C)C)CCC(=O)ON1C(=O)CCC1=O. The lowest BCUT2D eigenvalue weighted by molar-refractivity contribution is -0.197. The number of imide groups is 1. The van der Waals surface area contributed by atoms with Crippen molar-refractivity contribution in [1.82, 2.24) is 25.5 Å². The van der Waals surface area contributed by atoms with Crippen molar-refractivity contribution in [1.29, 1.82) is 0 Å². The van der Waals surface area contributed by atoms with Gasteiger partial charge in [0.2, 0.25) is 11.8 Å². The molecule has 0 aliphatic carbocycles. The van der Waals surface area contributed by atoms with Crippen molar-refractivity contribution in [2.75, 3.05) is 53.4 Å². The fraction of sp³-hybridized carbons (Fsp3) is 0.857. The maximum absolute atomic E-state index is 12.0. The van der Waals surface area contributed by atoms with Gasteiger partial charge in [0.05, 0.1) is 12.8 Å². The Morgan fingerprint density at radius 1 is 0.438 bits per heavy atom. The number of carboxylic acids is 1. The Balaban J connectivity index is 0.00000145. The maximum Gasteiger partial charge on any atom is 0.334 e. The van der Waals surface area contributed by atoms with Gasteiger partial charge in [-0.15, -0.1) is 5.06 Å². The van der Waals surface area contributed by atoms with Crippen LogP contribution in [0.4, 0.5) is 0 Å². The van der Waals surface area contributed by atoms with Crippen molar-refractivity contribution in [3.8, 4) is 0 Å². The number of amides is 4. The van der Waals surface area contributed by atoms with Gasteiger partial charge in [-0.25, -0.2) is 4.79 Å². The largest absolute Gasteiger partial charge is 0.481 e. The second-order valence-corrected chi connectivity index (χ2v) is 21.9. The van der Waals surface area contributed by atoms with Gasteiger partial charge in [-0.3, -0.25) is 33.6 Å². The van der Waals surface area contributed by atoms with E-state index >= 15 is 0 Å². The molecule has 17 heteroatoms. The van der Waals surface area contributed by atoms with Gasteiger partial charge in [0.1, 0.15) is 11.2 Å². The number of carbonyl (C=O) groups is 8. The Kier molecular flexibility index (Phi) is 40.7. The van der Waals surface area contributed by atoms with Crippen molar-refractivity contribution < 1.29 is 57.8 Å². The zero-order valence-electron chi connectivity index (χ0n) is 47.1. The summed E-state index contributed by atoms with van der Waals surface area (Å²) in [4.78, 5) is 101. The van der Waals surface area contributed by atoms with Gasteiger partial charge in [-0.05, 0) is 81.3 Å². The van der Waals surface area contributed by atoms with Crippen molar-refractivity contribution >= 4 is 47.5 Å². The molecule has 1 heterocycles. The second kappa shape index (κ2) is 43.2. The van der Waals surface area contributed by atoms with Gasteiger partial charge in [-0.2, -0.15) is 0 Å². The number of carboxylic acid groups (broad SMARTS) is 1. The number of carbonyl (C=O) groups excluding carboxylic acids is 7. The Bertz CT molecular complexity index is 1530. The summed E-state index contributed by atoms with van der Waals surface area (Å²) >= 11 is 0. The van der Waals surface area contributed by atoms with Crippen molar-refractivity contribution in [3.63, 3.8) is 0 Å². The highest BCUT2D eigenvalue weighted by atomic mass is 16.7. The molecule has 1 rings (SSSR count). The maximum atomic E-state index is 12.0. The first kappa shape index (κ1) is 68.9. The van der Waals surface area contributed by atoms with E-state index < -0.39 is 29.4 Å². The van der Waals surface area contributed by atoms with E-state index in [0.717, 1.165) is 57.8 Å². The number of unbranched alkanes of at least 4 members (excludes halogenated alkanes) is 22. The molecule has 0 saturated carbocycles. The van der Waals surface area contributed by atoms with Gasteiger partial charge >= 0.3 is 23.9 Å². The molecule has 4 amide bonds. The van der Waals surface area contributed by atoms with Gasteiger partial charge < -0.3 is 39.9 Å². The Labute approximate surface area is 441 Å². The van der Waals surface area contributed by atoms with Gasteiger partial charge in [0.25, 0.3) is 11.8 Å². The fourth-order valence-corrected chi connectivity index (χ4v) is 7.98. The minimum atomic E-state index is -0.797. The van der Waals surface area contributed by atoms with Crippen LogP contribution in [0.25, 0.3) is 0 Å². The first-order valence-corrected chi connectivity index (χ1v) is 28.2. The van der Waals surface area contributed by atoms with E-state index in [4.69, 9.17) is 19.4 Å². The molecule has 73 heavy (non-hydrogen) atoms. The lowest BCUT2D eigenvalue weighted by Gasteiger charge is -2.19. The average molecular weight is 1040 g/mol. The molecule has 0 bridgehead atoms. The monoisotopic (exact) mass is 1040 g/mol. The molecule has 1 aliphatic rings. The number of hydrogen-bond acceptors (Lipinski definition) is 13. The quantitative estimate of drug-likeness (QED) is 0.0294. The summed E-state index contributed by atoms with van der Waals surface area (Å²) in [6.45, 7) is 14.6. The number of aliphatic carboxylic acids is 1. The molecule has 0 unspecified atom stereocenters. The molecule has 0 aromatic heterocycles. The van der Waals surface area contributed by atoms with Crippen LogP contribution in [-0.2, 0) is 52.7 Å². The Morgan fingerprint density at radius 3 is 1.03 bits per heavy atom. The second-order valence-electron chi connectivity index (χ2n) is 21.9. The first-order chi connectivity index (χ1) is 34.6. The Morgan fingerprint density at radius 2 is 0.726 bits per heavy atom. The summed E-state index contributed by atoms with van der Waals surface area (Å²) in [5.41, 5.74) is -0.771. The highest BCUT2D eigenvalue weighted by molar-refractivity contribution is 6.01. The molecule has 1 saturated heterocycles. The minimum absolute atomic E-state index is 0.0463. The Hall–Kier alpha value is -4.12. The fourth-order valence-electron chi connectivity index (χ4n) is 7.98. The standard InChI is InChI=1S/C30H53N3O7.C26H50N2O5/c1-30(2,3)39-28(37)18-16-14-12-10-8-6-5-7-9-11-13-15-17-25(34)31-22-24-32(4)23-21-29(38)40-33-26(35)19-20-27(33)36;1-26(2,3)33-25(32)18-16-14-12-10-8-6-5-7-9-11-13-15-17-23(29)27-20-22-28(4)21-19-24(30)31/h5-24H2,1-4H3,(H,31,34);5-22H2,1-4H3,(H,27,29)(H,30,31). The third kappa shape index (κ3) is 47.3. The predicted octanol–water partition coefficient (Wildman–Crippen LogP) is 10.1. The lowest BCUT2D eigenvalue weighted by Crippen LogP contribution is -2.35. The van der Waals surface area contributed by atoms with E-state index in [1.807, 2.05) is 65.4 Å². The van der Waals surface area contributed by atoms with Crippen LogP contribution in [0.15, 0.2) is 0 Å². The summed E-state index contributed by atoms with van der Waals surface area (Å²) in [6.07, 6.45) is 30.3. The number of likely N-dealkylation sites (N-methyl/N-ethyl adjacent to an activating group) is 2. The number of esters is 2. The molecule has 1 fully saturated rings. The van der Waals surface area contributed by atoms with Gasteiger partial charge in [-0.1, -0.05) is 128 Å². The molecular formula is C56H103N5O12. The molecule has 0 radical (unpaired) electrons. The lowest BCUT2D eigenvalue weighted by atomic mass is 10.0. The van der Waals surface area contributed by atoms with Crippen LogP contribution in [0.3, 0.4) is 0 Å². The van der Waals surface area contributed by atoms with E-state index in [1.165, 1.54) is 96.3 Å². The molecule has 3 N–H and O–H groups in total. The number of nitrogens with one attached hydrogen (secondary N) is 2. The molecule has 0 aromatic carbocycles. The van der Waals surface area contributed by atoms with Crippen LogP contribution in [0.1, 0.15) is 247 Å². The summed E-state index contributed by atoms with van der Waals surface area (Å²) in [6, 6.07) is 0. The van der Waals surface area contributed by atoms with Crippen LogP contribution >= 0.6 is 0 Å². The van der Waals surface area contributed by atoms with E-state index in [9.17, 15) is 38.4 Å². The molecule has 0 aromatic rings. The summed E-state index contributed by atoms with van der Waals surface area (Å²) in [5, 5.41) is 15.0. The molecule has 0 spiro atoms. The number of nitrogens with zero attached hydrogens (tertiary/aromatic N) is 3. The van der Waals surface area contributed by atoms with Crippen molar-refractivity contribution in [2.45, 2.75) is 258 Å². The summed E-state index contributed by atoms with van der Waals surface area (Å²) < 4.78 is 10.6. The van der Waals surface area contributed by atoms with Crippen molar-refractivity contribution in [2.24, 2.45) is 0 Å². The average Bonchev–Trinajstić information content (AvgIpc) is 3.61. The number of ether oxygens (including phenoxy) is 2. The third-order valence-electron chi connectivity index (χ3n) is 12.1. The highest BCUT2D eigenvalue weighted by Gasteiger charge is 2.32. The van der Waals surface area contributed by atoms with Crippen molar-refractivity contribution in [3.05, 3.63) is 0 Å². The normalized spacial score (nSPS) is 12.7. The van der Waals surface area contributed by atoms with E-state index in [1.54, 1.807) is 0 Å². The van der Waals surface area contributed by atoms with E-state index in [2.05, 4.69) is 10.6 Å². The molecule has 424 valence electrons. The zero-order valence-corrected chi connectivity index (χ0v) is 47.1. The smallest absolute Gasteiger partial charge is 0.334 e.